The van der Waals surface area contributed by atoms with Gasteiger partial charge in [-0.15, -0.1) is 0 Å². The van der Waals surface area contributed by atoms with Gasteiger partial charge in [0.25, 0.3) is 0 Å². The summed E-state index contributed by atoms with van der Waals surface area (Å²) in [5.41, 5.74) is 7.43. The number of unbranched alkanes of at least 4 members (excludes halogenated alkanes) is 1. The molecule has 1 aromatic carbocycles. The third-order valence-corrected chi connectivity index (χ3v) is 4.41. The Labute approximate surface area is 134 Å². The molecule has 2 N–H and O–H groups in total. The summed E-state index contributed by atoms with van der Waals surface area (Å²) in [6.07, 6.45) is 5.76. The molecule has 0 bridgehead atoms. The molecule has 1 aromatic rings. The Balaban J connectivity index is 1.64. The van der Waals surface area contributed by atoms with Gasteiger partial charge in [0.15, 0.2) is 5.96 Å². The zero-order valence-electron chi connectivity index (χ0n) is 13.9. The maximum Gasteiger partial charge on any atom is 0.191 e. The van der Waals surface area contributed by atoms with Crippen molar-refractivity contribution in [3.05, 3.63) is 29.8 Å². The number of hydrogen-bond donors (Lipinski definition) is 1. The van der Waals surface area contributed by atoms with Crippen LogP contribution in [0.2, 0.25) is 0 Å². The van der Waals surface area contributed by atoms with Gasteiger partial charge in [-0.25, -0.2) is 0 Å². The number of aliphatic imine (C=N–C) groups is 1. The molecule has 122 valence electrons. The van der Waals surface area contributed by atoms with E-state index >= 15 is 0 Å². The van der Waals surface area contributed by atoms with Crippen molar-refractivity contribution in [2.24, 2.45) is 16.6 Å². The minimum Gasteiger partial charge on any atom is -0.497 e. The fourth-order valence-corrected chi connectivity index (χ4v) is 2.76. The van der Waals surface area contributed by atoms with Crippen LogP contribution >= 0.6 is 0 Å². The third kappa shape index (κ3) is 5.24. The largest absolute Gasteiger partial charge is 0.497 e. The Kier molecular flexibility index (Phi) is 6.56. The minimum atomic E-state index is 0.733. The summed E-state index contributed by atoms with van der Waals surface area (Å²) < 4.78 is 5.17. The second kappa shape index (κ2) is 8.66. The molecule has 0 unspecified atom stereocenters. The summed E-state index contributed by atoms with van der Waals surface area (Å²) in [6.45, 7) is 5.25. The Bertz CT molecular complexity index is 462. The lowest BCUT2D eigenvalue weighted by Gasteiger charge is -2.31. The van der Waals surface area contributed by atoms with Crippen LogP contribution in [0.4, 0.5) is 0 Å². The molecule has 0 saturated carbocycles. The van der Waals surface area contributed by atoms with Crippen LogP contribution in [0.25, 0.3) is 0 Å². The van der Waals surface area contributed by atoms with Crippen LogP contribution in [0.1, 0.15) is 38.2 Å². The van der Waals surface area contributed by atoms with Crippen molar-refractivity contribution in [3.63, 3.8) is 0 Å². The highest BCUT2D eigenvalue weighted by molar-refractivity contribution is 5.78. The van der Waals surface area contributed by atoms with Crippen LogP contribution < -0.4 is 10.5 Å². The van der Waals surface area contributed by atoms with Gasteiger partial charge in [0.05, 0.1) is 7.11 Å². The van der Waals surface area contributed by atoms with Crippen molar-refractivity contribution in [1.29, 1.82) is 0 Å². The number of aryl methyl sites for hydroxylation is 1. The topological polar surface area (TPSA) is 50.9 Å². The molecular formula is C18H29N3O. The van der Waals surface area contributed by atoms with E-state index in [1.807, 2.05) is 12.1 Å². The van der Waals surface area contributed by atoms with Gasteiger partial charge in [0.1, 0.15) is 5.75 Å². The maximum atomic E-state index is 6.08. The van der Waals surface area contributed by atoms with E-state index in [2.05, 4.69) is 28.9 Å². The first-order valence-corrected chi connectivity index (χ1v) is 8.37. The van der Waals surface area contributed by atoms with E-state index in [4.69, 9.17) is 10.5 Å². The van der Waals surface area contributed by atoms with E-state index < -0.39 is 0 Å². The number of nitrogens with zero attached hydrogens (tertiary/aromatic N) is 2. The molecule has 0 atom stereocenters. The molecule has 22 heavy (non-hydrogen) atoms. The standard InChI is InChI=1S/C18H29N3O/c1-15-10-13-21(14-11-15)18(19)20-12-4-3-5-16-6-8-17(22-2)9-7-16/h6-9,15H,3-5,10-14H2,1-2H3,(H2,19,20). The SMILES string of the molecule is COc1ccc(CCCCN=C(N)N2CCC(C)CC2)cc1. The van der Waals surface area contributed by atoms with Crippen molar-refractivity contribution < 1.29 is 4.74 Å². The number of hydrogen-bond acceptors (Lipinski definition) is 2. The second-order valence-electron chi connectivity index (χ2n) is 6.21. The van der Waals surface area contributed by atoms with E-state index in [0.717, 1.165) is 56.5 Å². The third-order valence-electron chi connectivity index (χ3n) is 4.41. The molecule has 4 heteroatoms. The molecular weight excluding hydrogens is 274 g/mol. The average Bonchev–Trinajstić information content (AvgIpc) is 2.55. The fourth-order valence-electron chi connectivity index (χ4n) is 2.76. The van der Waals surface area contributed by atoms with Crippen molar-refractivity contribution >= 4 is 5.96 Å². The number of nitrogens with two attached hydrogens (primary N) is 1. The van der Waals surface area contributed by atoms with Crippen LogP contribution in [-0.4, -0.2) is 37.6 Å². The van der Waals surface area contributed by atoms with Gasteiger partial charge < -0.3 is 15.4 Å². The lowest BCUT2D eigenvalue weighted by Crippen LogP contribution is -2.42. The summed E-state index contributed by atoms with van der Waals surface area (Å²) >= 11 is 0. The predicted molar refractivity (Wildman–Crippen MR) is 92.4 cm³/mol. The first kappa shape index (κ1) is 16.7. The van der Waals surface area contributed by atoms with E-state index in [9.17, 15) is 0 Å². The minimum absolute atomic E-state index is 0.733. The van der Waals surface area contributed by atoms with Crippen molar-refractivity contribution in [2.75, 3.05) is 26.7 Å². The number of rotatable bonds is 6. The molecule has 0 radical (unpaired) electrons. The smallest absolute Gasteiger partial charge is 0.191 e. The van der Waals surface area contributed by atoms with Gasteiger partial charge in [-0.1, -0.05) is 19.1 Å². The van der Waals surface area contributed by atoms with Crippen LogP contribution in [0.15, 0.2) is 29.3 Å². The van der Waals surface area contributed by atoms with Crippen LogP contribution in [-0.2, 0) is 6.42 Å². The summed E-state index contributed by atoms with van der Waals surface area (Å²) in [5, 5.41) is 0. The highest BCUT2D eigenvalue weighted by atomic mass is 16.5. The summed E-state index contributed by atoms with van der Waals surface area (Å²) in [7, 11) is 1.69. The van der Waals surface area contributed by atoms with Crippen molar-refractivity contribution in [1.82, 2.24) is 4.90 Å². The zero-order chi connectivity index (χ0) is 15.8. The monoisotopic (exact) mass is 303 g/mol. The summed E-state index contributed by atoms with van der Waals surface area (Å²) in [5.74, 6) is 2.47. The van der Waals surface area contributed by atoms with E-state index in [1.54, 1.807) is 7.11 Å². The summed E-state index contributed by atoms with van der Waals surface area (Å²) in [4.78, 5) is 6.76. The van der Waals surface area contributed by atoms with Crippen LogP contribution in [0, 0.1) is 5.92 Å². The van der Waals surface area contributed by atoms with E-state index in [1.165, 1.54) is 18.4 Å². The first-order chi connectivity index (χ1) is 10.7. The number of guanidine groups is 1. The number of benzene rings is 1. The second-order valence-corrected chi connectivity index (χ2v) is 6.21. The van der Waals surface area contributed by atoms with Crippen LogP contribution in [0.3, 0.4) is 0 Å². The van der Waals surface area contributed by atoms with Crippen molar-refractivity contribution in [3.8, 4) is 5.75 Å². The lowest BCUT2D eigenvalue weighted by atomic mass is 10.00. The normalized spacial score (nSPS) is 16.8. The van der Waals surface area contributed by atoms with Crippen LogP contribution in [0.5, 0.6) is 5.75 Å². The number of ether oxygens (including phenoxy) is 1. The average molecular weight is 303 g/mol. The molecule has 4 nitrogen and oxygen atoms in total. The zero-order valence-corrected chi connectivity index (χ0v) is 13.9. The highest BCUT2D eigenvalue weighted by Gasteiger charge is 2.16. The van der Waals surface area contributed by atoms with Gasteiger partial charge in [0.2, 0.25) is 0 Å². The number of piperidine rings is 1. The molecule has 0 spiro atoms. The molecule has 1 aliphatic heterocycles. The van der Waals surface area contributed by atoms with Gasteiger partial charge >= 0.3 is 0 Å². The Hall–Kier alpha value is -1.71. The van der Waals surface area contributed by atoms with E-state index in [-0.39, 0.29) is 0 Å². The first-order valence-electron chi connectivity index (χ1n) is 8.37. The lowest BCUT2D eigenvalue weighted by molar-refractivity contribution is 0.277. The molecule has 1 fully saturated rings. The summed E-state index contributed by atoms with van der Waals surface area (Å²) in [6, 6.07) is 8.29. The maximum absolute atomic E-state index is 6.08. The van der Waals surface area contributed by atoms with Gasteiger partial charge in [-0.05, 0) is 55.7 Å². The quantitative estimate of drug-likeness (QED) is 0.499. The van der Waals surface area contributed by atoms with Gasteiger partial charge in [0, 0.05) is 19.6 Å². The number of likely N-dealkylation sites (tertiary alicyclic amines) is 1. The molecule has 2 rings (SSSR count). The molecule has 0 aliphatic carbocycles. The molecule has 0 aromatic heterocycles. The molecule has 0 amide bonds. The predicted octanol–water partition coefficient (Wildman–Crippen LogP) is 3.06. The van der Waals surface area contributed by atoms with E-state index in [0.29, 0.717) is 0 Å². The Morgan fingerprint density at radius 3 is 2.55 bits per heavy atom. The van der Waals surface area contributed by atoms with Crippen molar-refractivity contribution in [2.45, 2.75) is 39.0 Å². The van der Waals surface area contributed by atoms with Gasteiger partial charge in [-0.2, -0.15) is 0 Å². The molecule has 1 heterocycles. The van der Waals surface area contributed by atoms with Gasteiger partial charge in [-0.3, -0.25) is 4.99 Å². The Morgan fingerprint density at radius 2 is 1.91 bits per heavy atom. The number of methoxy groups -OCH3 is 1. The molecule has 1 aliphatic rings. The highest BCUT2D eigenvalue weighted by Crippen LogP contribution is 2.16. The Morgan fingerprint density at radius 1 is 1.23 bits per heavy atom. The fraction of sp³-hybridized carbons (Fsp3) is 0.611. The molecule has 1 saturated heterocycles.